The minimum absolute atomic E-state index is 0.0472. The van der Waals surface area contributed by atoms with Gasteiger partial charge in [-0.2, -0.15) is 0 Å². The highest BCUT2D eigenvalue weighted by molar-refractivity contribution is 7.54. The molecule has 0 bridgehead atoms. The number of nitro groups is 1. The second-order valence-corrected chi connectivity index (χ2v) is 8.37. The van der Waals surface area contributed by atoms with Crippen LogP contribution in [0.25, 0.3) is 0 Å². The van der Waals surface area contributed by atoms with E-state index in [4.69, 9.17) is 4.52 Å². The zero-order chi connectivity index (χ0) is 16.8. The van der Waals surface area contributed by atoms with E-state index in [1.807, 2.05) is 16.3 Å². The quantitative estimate of drug-likeness (QED) is 0.326. The molecule has 1 aromatic rings. The summed E-state index contributed by atoms with van der Waals surface area (Å²) < 4.78 is 22.7. The van der Waals surface area contributed by atoms with Gasteiger partial charge in [0.1, 0.15) is 5.69 Å². The summed E-state index contributed by atoms with van der Waals surface area (Å²) in [6.45, 7) is 5.01. The fourth-order valence-corrected chi connectivity index (χ4v) is 4.83. The highest BCUT2D eigenvalue weighted by Crippen LogP contribution is 2.63. The maximum atomic E-state index is 13.0. The van der Waals surface area contributed by atoms with E-state index >= 15 is 0 Å². The fraction of sp³-hybridized carbons (Fsp3) is 0.571. The summed E-state index contributed by atoms with van der Waals surface area (Å²) in [5.41, 5.74) is 1.34. The van der Waals surface area contributed by atoms with E-state index in [0.717, 1.165) is 31.7 Å². The van der Waals surface area contributed by atoms with Crippen molar-refractivity contribution in [3.05, 3.63) is 33.9 Å². The molecule has 2 saturated heterocycles. The molecule has 0 amide bonds. The van der Waals surface area contributed by atoms with Crippen LogP contribution < -0.4 is 4.90 Å². The molecule has 23 heavy (non-hydrogen) atoms. The van der Waals surface area contributed by atoms with Gasteiger partial charge in [0, 0.05) is 46.3 Å². The first kappa shape index (κ1) is 16.4. The van der Waals surface area contributed by atoms with Crippen molar-refractivity contribution < 1.29 is 14.0 Å². The molecule has 9 heteroatoms. The molecule has 2 fully saturated rings. The zero-order valence-electron chi connectivity index (χ0n) is 13.5. The molecule has 2 aliphatic heterocycles. The van der Waals surface area contributed by atoms with Gasteiger partial charge in [-0.15, -0.1) is 0 Å². The van der Waals surface area contributed by atoms with Gasteiger partial charge in [-0.25, -0.2) is 9.34 Å². The Hall–Kier alpha value is -1.47. The van der Waals surface area contributed by atoms with Crippen LogP contribution in [-0.4, -0.2) is 54.5 Å². The molecule has 1 unspecified atom stereocenters. The summed E-state index contributed by atoms with van der Waals surface area (Å²) >= 11 is 0. The first-order valence-corrected chi connectivity index (χ1v) is 9.11. The summed E-state index contributed by atoms with van der Waals surface area (Å²) in [4.78, 5) is 12.4. The first-order chi connectivity index (χ1) is 10.8. The van der Waals surface area contributed by atoms with Crippen LogP contribution in [0, 0.1) is 10.1 Å². The van der Waals surface area contributed by atoms with E-state index < -0.39 is 18.7 Å². The predicted molar refractivity (Wildman–Crippen MR) is 87.7 cm³/mol. The molecule has 0 aromatic heterocycles. The van der Waals surface area contributed by atoms with Gasteiger partial charge in [-0.05, 0) is 24.6 Å². The Balaban J connectivity index is 1.84. The summed E-state index contributed by atoms with van der Waals surface area (Å²) in [6.07, 6.45) is -0.401. The lowest BCUT2D eigenvalue weighted by Crippen LogP contribution is -2.13. The van der Waals surface area contributed by atoms with Crippen LogP contribution in [0.3, 0.4) is 0 Å². The molecule has 0 radical (unpaired) electrons. The molecule has 3 rings (SSSR count). The molecular weight excluding hydrogens is 319 g/mol. The predicted octanol–water partition coefficient (Wildman–Crippen LogP) is 2.48. The normalized spacial score (nSPS) is 19.4. The lowest BCUT2D eigenvalue weighted by molar-refractivity contribution is -0.384. The van der Waals surface area contributed by atoms with Crippen LogP contribution in [0.15, 0.2) is 18.2 Å². The molecule has 1 atom stereocenters. The van der Waals surface area contributed by atoms with E-state index in [2.05, 4.69) is 0 Å². The molecular formula is C14H21N4O4P. The van der Waals surface area contributed by atoms with Gasteiger partial charge >= 0.3 is 7.67 Å². The fourth-order valence-electron chi connectivity index (χ4n) is 2.48. The van der Waals surface area contributed by atoms with E-state index in [-0.39, 0.29) is 5.69 Å². The van der Waals surface area contributed by atoms with Crippen molar-refractivity contribution >= 4 is 19.0 Å². The van der Waals surface area contributed by atoms with Crippen molar-refractivity contribution in [2.45, 2.75) is 13.0 Å². The third-order valence-electron chi connectivity index (χ3n) is 4.00. The number of rotatable bonds is 7. The van der Waals surface area contributed by atoms with Gasteiger partial charge in [0.2, 0.25) is 0 Å². The Morgan fingerprint density at radius 3 is 2.26 bits per heavy atom. The van der Waals surface area contributed by atoms with Crippen LogP contribution >= 0.6 is 7.67 Å². The minimum Gasteiger partial charge on any atom is -0.372 e. The van der Waals surface area contributed by atoms with E-state index in [1.165, 1.54) is 6.07 Å². The average Bonchev–Trinajstić information content (AvgIpc) is 3.38. The Morgan fingerprint density at radius 1 is 1.26 bits per heavy atom. The largest absolute Gasteiger partial charge is 0.372 e. The molecule has 2 heterocycles. The second-order valence-electron chi connectivity index (χ2n) is 6.05. The maximum absolute atomic E-state index is 13.0. The van der Waals surface area contributed by atoms with Crippen molar-refractivity contribution in [1.29, 1.82) is 0 Å². The van der Waals surface area contributed by atoms with E-state index in [0.29, 0.717) is 5.69 Å². The Bertz CT molecular complexity index is 657. The molecule has 1 aromatic carbocycles. The van der Waals surface area contributed by atoms with Crippen molar-refractivity contribution in [3.8, 4) is 0 Å². The van der Waals surface area contributed by atoms with Gasteiger partial charge in [0.15, 0.2) is 0 Å². The average molecular weight is 340 g/mol. The lowest BCUT2D eigenvalue weighted by Gasteiger charge is -2.24. The number of nitrogens with zero attached hydrogens (tertiary/aromatic N) is 4. The zero-order valence-corrected chi connectivity index (χ0v) is 14.4. The second kappa shape index (κ2) is 5.87. The van der Waals surface area contributed by atoms with Crippen LogP contribution in [0.2, 0.25) is 0 Å². The number of benzene rings is 1. The van der Waals surface area contributed by atoms with Crippen LogP contribution in [0.1, 0.15) is 18.6 Å². The van der Waals surface area contributed by atoms with Crippen LogP contribution in [0.4, 0.5) is 11.4 Å². The summed E-state index contributed by atoms with van der Waals surface area (Å²) in [7, 11) is 0.603. The van der Waals surface area contributed by atoms with Crippen molar-refractivity contribution in [2.75, 3.05) is 45.2 Å². The smallest absolute Gasteiger partial charge is 0.346 e. The number of hydrogen-bond acceptors (Lipinski definition) is 5. The molecule has 2 aliphatic rings. The molecule has 0 aliphatic carbocycles. The maximum Gasteiger partial charge on any atom is 0.346 e. The SMILES string of the molecule is CC(OP(=O)(N1CC1)N1CC1)c1ccc([N+](=O)[O-])c(N(C)C)c1. The molecule has 8 nitrogen and oxygen atoms in total. The molecule has 0 saturated carbocycles. The molecule has 0 spiro atoms. The van der Waals surface area contributed by atoms with Gasteiger partial charge in [0.25, 0.3) is 5.69 Å². The van der Waals surface area contributed by atoms with Crippen LogP contribution in [-0.2, 0) is 9.09 Å². The third kappa shape index (κ3) is 3.26. The summed E-state index contributed by atoms with van der Waals surface area (Å²) in [6, 6.07) is 4.88. The number of nitro benzene ring substituents is 1. The van der Waals surface area contributed by atoms with Gasteiger partial charge in [-0.3, -0.25) is 19.2 Å². The highest BCUT2D eigenvalue weighted by Gasteiger charge is 2.50. The van der Waals surface area contributed by atoms with Crippen LogP contribution in [0.5, 0.6) is 0 Å². The summed E-state index contributed by atoms with van der Waals surface area (Å²) in [5.74, 6) is 0. The van der Waals surface area contributed by atoms with Gasteiger partial charge in [0.05, 0.1) is 11.0 Å². The molecule has 0 N–H and O–H groups in total. The van der Waals surface area contributed by atoms with Gasteiger partial charge < -0.3 is 4.90 Å². The first-order valence-electron chi connectivity index (χ1n) is 7.58. The standard InChI is InChI=1S/C14H21N4O4P/c1-11(22-23(21,16-6-7-16)17-8-9-17)12-4-5-13(18(19)20)14(10-12)15(2)3/h4-5,10-11H,6-9H2,1-3H3. The monoisotopic (exact) mass is 340 g/mol. The lowest BCUT2D eigenvalue weighted by atomic mass is 10.1. The number of hydrogen-bond donors (Lipinski definition) is 0. The van der Waals surface area contributed by atoms with Crippen molar-refractivity contribution in [3.63, 3.8) is 0 Å². The van der Waals surface area contributed by atoms with Gasteiger partial charge in [-0.1, -0.05) is 0 Å². The number of anilines is 1. The van der Waals surface area contributed by atoms with E-state index in [9.17, 15) is 14.7 Å². The Morgan fingerprint density at radius 2 is 1.83 bits per heavy atom. The highest BCUT2D eigenvalue weighted by atomic mass is 31.2. The molecule has 126 valence electrons. The Labute approximate surface area is 135 Å². The van der Waals surface area contributed by atoms with Crippen molar-refractivity contribution in [2.24, 2.45) is 0 Å². The van der Waals surface area contributed by atoms with E-state index in [1.54, 1.807) is 31.1 Å². The summed E-state index contributed by atoms with van der Waals surface area (Å²) in [5, 5.41) is 11.1. The third-order valence-corrected chi connectivity index (χ3v) is 6.83. The topological polar surface area (TPSA) is 78.7 Å². The van der Waals surface area contributed by atoms with Crippen molar-refractivity contribution in [1.82, 2.24) is 9.34 Å². The minimum atomic E-state index is -2.91. The Kier molecular flexibility index (Phi) is 4.18.